The Morgan fingerprint density at radius 2 is 1.85 bits per heavy atom. The predicted octanol–water partition coefficient (Wildman–Crippen LogP) is 1.98. The number of nitrogens with zero attached hydrogens (tertiary/aromatic N) is 1. The lowest BCUT2D eigenvalue weighted by Gasteiger charge is -2.27. The van der Waals surface area contributed by atoms with Gasteiger partial charge in [0.05, 0.1) is 0 Å². The highest BCUT2D eigenvalue weighted by Crippen LogP contribution is 2.45. The molecule has 5 nitrogen and oxygen atoms in total. The third-order valence-electron chi connectivity index (χ3n) is 4.19. The number of urea groups is 1. The van der Waals surface area contributed by atoms with E-state index in [4.69, 9.17) is 5.11 Å². The van der Waals surface area contributed by atoms with Crippen LogP contribution in [0.3, 0.4) is 0 Å². The molecule has 1 aliphatic heterocycles. The summed E-state index contributed by atoms with van der Waals surface area (Å²) in [5.41, 5.74) is -2.83. The summed E-state index contributed by atoms with van der Waals surface area (Å²) in [6.45, 7) is -1.01. The van der Waals surface area contributed by atoms with E-state index in [1.807, 2.05) is 0 Å². The van der Waals surface area contributed by atoms with Crippen molar-refractivity contribution in [1.82, 2.24) is 10.2 Å². The molecule has 2 aliphatic rings. The number of likely N-dealkylation sites (tertiary alicyclic amines) is 1. The fourth-order valence-electron chi connectivity index (χ4n) is 2.85. The van der Waals surface area contributed by atoms with Crippen LogP contribution in [0.1, 0.15) is 32.1 Å². The summed E-state index contributed by atoms with van der Waals surface area (Å²) in [5, 5.41) is 11.6. The van der Waals surface area contributed by atoms with Gasteiger partial charge in [0.1, 0.15) is 0 Å². The van der Waals surface area contributed by atoms with E-state index in [2.05, 4.69) is 5.32 Å². The zero-order valence-electron chi connectivity index (χ0n) is 10.9. The first kappa shape index (κ1) is 14.9. The molecule has 1 heterocycles. The number of carboxylic acids is 1. The van der Waals surface area contributed by atoms with Gasteiger partial charge in [-0.2, -0.15) is 13.2 Å². The average Bonchev–Trinajstić information content (AvgIpc) is 2.96. The molecule has 1 saturated carbocycles. The normalized spacial score (nSPS) is 27.9. The number of carboxylic acid groups (broad SMARTS) is 1. The number of hydrogen-bond acceptors (Lipinski definition) is 2. The van der Waals surface area contributed by atoms with Crippen LogP contribution in [0.5, 0.6) is 0 Å². The van der Waals surface area contributed by atoms with Gasteiger partial charge in [-0.1, -0.05) is 12.8 Å². The van der Waals surface area contributed by atoms with Crippen molar-refractivity contribution < 1.29 is 27.9 Å². The van der Waals surface area contributed by atoms with Crippen molar-refractivity contribution >= 4 is 12.0 Å². The smallest absolute Gasteiger partial charge is 0.406 e. The van der Waals surface area contributed by atoms with Gasteiger partial charge in [0.15, 0.2) is 5.41 Å². The molecule has 114 valence electrons. The minimum atomic E-state index is -4.86. The van der Waals surface area contributed by atoms with Crippen LogP contribution in [-0.4, -0.2) is 47.3 Å². The Hall–Kier alpha value is -1.47. The molecular formula is C12H17F3N2O3. The van der Waals surface area contributed by atoms with Crippen molar-refractivity contribution in [1.29, 1.82) is 0 Å². The van der Waals surface area contributed by atoms with Crippen LogP contribution < -0.4 is 5.32 Å². The Labute approximate surface area is 114 Å². The number of aliphatic carboxylic acids is 1. The van der Waals surface area contributed by atoms with E-state index in [-0.39, 0.29) is 12.6 Å². The largest absolute Gasteiger partial charge is 0.481 e. The number of halogens is 3. The Morgan fingerprint density at radius 1 is 1.25 bits per heavy atom. The van der Waals surface area contributed by atoms with Crippen LogP contribution in [0.4, 0.5) is 18.0 Å². The Bertz CT molecular complexity index is 407. The highest BCUT2D eigenvalue weighted by atomic mass is 19.4. The first-order valence-corrected chi connectivity index (χ1v) is 6.62. The maximum Gasteiger partial charge on any atom is 0.406 e. The molecule has 1 saturated heterocycles. The lowest BCUT2D eigenvalue weighted by Crippen LogP contribution is -2.49. The third kappa shape index (κ3) is 2.55. The maximum atomic E-state index is 13.0. The van der Waals surface area contributed by atoms with Crippen LogP contribution in [0.2, 0.25) is 0 Å². The molecule has 2 N–H and O–H groups in total. The first-order chi connectivity index (χ1) is 9.26. The molecule has 0 aromatic heterocycles. The molecule has 1 aliphatic carbocycles. The van der Waals surface area contributed by atoms with E-state index in [0.29, 0.717) is 0 Å². The van der Waals surface area contributed by atoms with Gasteiger partial charge in [-0.3, -0.25) is 4.79 Å². The van der Waals surface area contributed by atoms with Crippen molar-refractivity contribution in [2.45, 2.75) is 44.3 Å². The fraction of sp³-hybridized carbons (Fsp3) is 0.833. The van der Waals surface area contributed by atoms with Crippen LogP contribution in [0.25, 0.3) is 0 Å². The summed E-state index contributed by atoms with van der Waals surface area (Å²) in [6.07, 6.45) is -1.82. The van der Waals surface area contributed by atoms with Gasteiger partial charge in [-0.25, -0.2) is 4.79 Å². The second-order valence-corrected chi connectivity index (χ2v) is 5.49. The molecule has 20 heavy (non-hydrogen) atoms. The Balaban J connectivity index is 2.02. The number of carbonyl (C=O) groups is 2. The molecule has 8 heteroatoms. The highest BCUT2D eigenvalue weighted by molar-refractivity contribution is 5.80. The molecule has 0 bridgehead atoms. The van der Waals surface area contributed by atoms with Crippen molar-refractivity contribution in [3.8, 4) is 0 Å². The number of carbonyl (C=O) groups excluding carboxylic acids is 1. The molecule has 2 fully saturated rings. The number of rotatable bonds is 2. The minimum absolute atomic E-state index is 0.00628. The van der Waals surface area contributed by atoms with Gasteiger partial charge in [0.25, 0.3) is 0 Å². The molecule has 2 rings (SSSR count). The summed E-state index contributed by atoms with van der Waals surface area (Å²) in [5.74, 6) is -1.92. The Morgan fingerprint density at radius 3 is 2.30 bits per heavy atom. The van der Waals surface area contributed by atoms with Crippen molar-refractivity contribution in [2.24, 2.45) is 5.41 Å². The Kier molecular flexibility index (Phi) is 3.84. The van der Waals surface area contributed by atoms with E-state index in [9.17, 15) is 22.8 Å². The molecule has 1 unspecified atom stereocenters. The van der Waals surface area contributed by atoms with Gasteiger partial charge < -0.3 is 15.3 Å². The zero-order valence-corrected chi connectivity index (χ0v) is 10.9. The second kappa shape index (κ2) is 5.14. The minimum Gasteiger partial charge on any atom is -0.481 e. The number of alkyl halides is 3. The molecule has 0 aromatic rings. The van der Waals surface area contributed by atoms with E-state index in [1.165, 1.54) is 0 Å². The summed E-state index contributed by atoms with van der Waals surface area (Å²) >= 11 is 0. The monoisotopic (exact) mass is 294 g/mol. The van der Waals surface area contributed by atoms with Gasteiger partial charge in [0, 0.05) is 19.1 Å². The summed E-state index contributed by atoms with van der Waals surface area (Å²) < 4.78 is 38.9. The molecule has 0 spiro atoms. The predicted molar refractivity (Wildman–Crippen MR) is 63.1 cm³/mol. The SMILES string of the molecule is O=C(NC1CCCC1)N1CCC(C(=O)O)(C(F)(F)F)C1. The number of nitrogens with one attached hydrogen (secondary N) is 1. The van der Waals surface area contributed by atoms with Crippen LogP contribution in [-0.2, 0) is 4.79 Å². The van der Waals surface area contributed by atoms with Gasteiger partial charge in [0.2, 0.25) is 0 Å². The second-order valence-electron chi connectivity index (χ2n) is 5.49. The fourth-order valence-corrected chi connectivity index (χ4v) is 2.85. The van der Waals surface area contributed by atoms with Gasteiger partial charge in [-0.05, 0) is 19.3 Å². The number of hydrogen-bond donors (Lipinski definition) is 2. The van der Waals surface area contributed by atoms with E-state index < -0.39 is 36.6 Å². The van der Waals surface area contributed by atoms with E-state index in [0.717, 1.165) is 30.6 Å². The lowest BCUT2D eigenvalue weighted by molar-refractivity contribution is -0.226. The molecule has 1 atom stereocenters. The molecule has 0 aromatic carbocycles. The summed E-state index contributed by atoms with van der Waals surface area (Å²) in [7, 11) is 0. The quantitative estimate of drug-likeness (QED) is 0.818. The molecule has 0 radical (unpaired) electrons. The van der Waals surface area contributed by atoms with Crippen LogP contribution in [0, 0.1) is 5.41 Å². The zero-order chi connectivity index (χ0) is 15.0. The van der Waals surface area contributed by atoms with Crippen LogP contribution >= 0.6 is 0 Å². The van der Waals surface area contributed by atoms with E-state index in [1.54, 1.807) is 0 Å². The topological polar surface area (TPSA) is 69.6 Å². The standard InChI is InChI=1S/C12H17F3N2O3/c13-12(14,15)11(9(18)19)5-6-17(7-11)10(20)16-8-3-1-2-4-8/h8H,1-7H2,(H,16,20)(H,18,19). The molecular weight excluding hydrogens is 277 g/mol. The first-order valence-electron chi connectivity index (χ1n) is 6.62. The third-order valence-corrected chi connectivity index (χ3v) is 4.19. The van der Waals surface area contributed by atoms with Crippen molar-refractivity contribution in [2.75, 3.05) is 13.1 Å². The van der Waals surface area contributed by atoms with Crippen LogP contribution in [0.15, 0.2) is 0 Å². The van der Waals surface area contributed by atoms with E-state index >= 15 is 0 Å². The number of amides is 2. The van der Waals surface area contributed by atoms with Crippen molar-refractivity contribution in [3.05, 3.63) is 0 Å². The maximum absolute atomic E-state index is 13.0. The summed E-state index contributed by atoms with van der Waals surface area (Å²) in [4.78, 5) is 23.9. The molecule has 2 amide bonds. The highest BCUT2D eigenvalue weighted by Gasteiger charge is 2.64. The van der Waals surface area contributed by atoms with Gasteiger partial charge >= 0.3 is 18.2 Å². The van der Waals surface area contributed by atoms with Crippen molar-refractivity contribution in [3.63, 3.8) is 0 Å². The lowest BCUT2D eigenvalue weighted by atomic mass is 9.86. The average molecular weight is 294 g/mol. The summed E-state index contributed by atoms with van der Waals surface area (Å²) in [6, 6.07) is -0.600. The van der Waals surface area contributed by atoms with Gasteiger partial charge in [-0.15, -0.1) is 0 Å².